The van der Waals surface area contributed by atoms with Gasteiger partial charge in [0.15, 0.2) is 6.10 Å². The summed E-state index contributed by atoms with van der Waals surface area (Å²) in [5.74, 6) is -6.17. The first-order valence-electron chi connectivity index (χ1n) is 24.5. The lowest BCUT2D eigenvalue weighted by Gasteiger charge is -2.34. The third-order valence-corrected chi connectivity index (χ3v) is 12.3. The van der Waals surface area contributed by atoms with Gasteiger partial charge in [0.25, 0.3) is 5.91 Å². The van der Waals surface area contributed by atoms with Crippen LogP contribution < -0.4 is 21.3 Å². The van der Waals surface area contributed by atoms with Crippen molar-refractivity contribution < 1.29 is 57.7 Å². The van der Waals surface area contributed by atoms with Gasteiger partial charge in [0.05, 0.1) is 12.6 Å². The molecule has 392 valence electrons. The van der Waals surface area contributed by atoms with Crippen LogP contribution >= 0.6 is 0 Å². The van der Waals surface area contributed by atoms with Gasteiger partial charge >= 0.3 is 18.0 Å². The van der Waals surface area contributed by atoms with Gasteiger partial charge in [-0.05, 0) is 104 Å². The van der Waals surface area contributed by atoms with Gasteiger partial charge in [0.1, 0.15) is 35.9 Å². The van der Waals surface area contributed by atoms with Crippen LogP contribution in [-0.4, -0.2) is 138 Å². The Morgan fingerprint density at radius 1 is 0.943 bits per heavy atom. The number of aliphatic hydroxyl groups excluding tert-OH is 1. The van der Waals surface area contributed by atoms with Crippen molar-refractivity contribution in [2.45, 2.75) is 176 Å². The summed E-state index contributed by atoms with van der Waals surface area (Å²) in [7, 11) is 2.84. The summed E-state index contributed by atoms with van der Waals surface area (Å²) < 4.78 is 17.1. The van der Waals surface area contributed by atoms with Gasteiger partial charge in [0.2, 0.25) is 23.6 Å². The molecule has 0 unspecified atom stereocenters. The fourth-order valence-electron chi connectivity index (χ4n) is 7.62. The lowest BCUT2D eigenvalue weighted by Crippen LogP contribution is -2.58. The molecule has 0 radical (unpaired) electrons. The van der Waals surface area contributed by atoms with Gasteiger partial charge < -0.3 is 50.4 Å². The molecule has 9 atom stereocenters. The van der Waals surface area contributed by atoms with Gasteiger partial charge in [-0.25, -0.2) is 14.4 Å². The van der Waals surface area contributed by atoms with Crippen LogP contribution in [0.5, 0.6) is 0 Å². The number of carbonyl (C=O) groups excluding carboxylic acids is 8. The number of amides is 6. The van der Waals surface area contributed by atoms with Crippen LogP contribution in [0, 0.1) is 17.8 Å². The first kappa shape index (κ1) is 60.3. The zero-order valence-electron chi connectivity index (χ0n) is 44.0. The van der Waals surface area contributed by atoms with E-state index in [1.54, 1.807) is 84.9 Å². The maximum atomic E-state index is 14.8. The molecule has 0 saturated carbocycles. The number of aliphatic hydroxyl groups is 1. The number of esters is 2. The molecule has 0 saturated heterocycles. The second-order valence-corrected chi connectivity index (χ2v) is 20.0. The molecular weight excluding hydrogens is 901 g/mol. The van der Waals surface area contributed by atoms with E-state index in [4.69, 9.17) is 14.2 Å². The van der Waals surface area contributed by atoms with Crippen molar-refractivity contribution in [2.75, 3.05) is 27.2 Å². The quantitative estimate of drug-likeness (QED) is 0.0813. The van der Waals surface area contributed by atoms with E-state index >= 15 is 0 Å². The lowest BCUT2D eigenvalue weighted by molar-refractivity contribution is -0.155. The first-order valence-corrected chi connectivity index (χ1v) is 24.5. The Morgan fingerprint density at radius 3 is 2.17 bits per heavy atom. The Bertz CT molecular complexity index is 2000. The number of ether oxygens (including phenoxy) is 3. The van der Waals surface area contributed by atoms with E-state index in [0.717, 1.165) is 4.90 Å². The van der Waals surface area contributed by atoms with Crippen LogP contribution in [-0.2, 0) is 54.2 Å². The number of hydrogen-bond acceptors (Lipinski definition) is 12. The van der Waals surface area contributed by atoms with Gasteiger partial charge in [-0.1, -0.05) is 83.5 Å². The van der Waals surface area contributed by atoms with Crippen LogP contribution in [0.15, 0.2) is 53.6 Å². The van der Waals surface area contributed by atoms with Crippen LogP contribution in [0.4, 0.5) is 4.79 Å². The highest BCUT2D eigenvalue weighted by Gasteiger charge is 2.38. The van der Waals surface area contributed by atoms with Crippen LogP contribution in [0.25, 0.3) is 0 Å². The monoisotopic (exact) mass is 983 g/mol. The van der Waals surface area contributed by atoms with Crippen molar-refractivity contribution in [1.82, 2.24) is 31.1 Å². The average Bonchev–Trinajstić information content (AvgIpc) is 3.29. The van der Waals surface area contributed by atoms with E-state index in [0.29, 0.717) is 30.4 Å². The number of alkyl carbamates (subject to hydrolysis) is 1. The summed E-state index contributed by atoms with van der Waals surface area (Å²) >= 11 is 0. The van der Waals surface area contributed by atoms with Gasteiger partial charge in [-0.2, -0.15) is 0 Å². The fourth-order valence-corrected chi connectivity index (χ4v) is 7.62. The molecular formula is C52H82N6O12. The Labute approximate surface area is 415 Å². The molecule has 1 aromatic rings. The molecule has 1 aliphatic heterocycles. The molecule has 0 fully saturated rings. The van der Waals surface area contributed by atoms with Crippen molar-refractivity contribution in [3.63, 3.8) is 0 Å². The van der Waals surface area contributed by atoms with Crippen molar-refractivity contribution in [2.24, 2.45) is 17.8 Å². The number of nitrogens with one attached hydrogen (secondary N) is 4. The lowest BCUT2D eigenvalue weighted by atomic mass is 9.90. The molecule has 70 heavy (non-hydrogen) atoms. The second-order valence-electron chi connectivity index (χ2n) is 20.0. The molecule has 1 aromatic carbocycles. The van der Waals surface area contributed by atoms with Crippen molar-refractivity contribution >= 4 is 47.6 Å². The number of carbonyl (C=O) groups is 8. The Balaban J connectivity index is 2.72. The van der Waals surface area contributed by atoms with Gasteiger partial charge in [-0.15, -0.1) is 0 Å². The second kappa shape index (κ2) is 28.8. The topological polar surface area (TPSA) is 239 Å². The highest BCUT2D eigenvalue weighted by molar-refractivity contribution is 5.96. The normalized spacial score (nSPS) is 26.3. The van der Waals surface area contributed by atoms with E-state index in [2.05, 4.69) is 21.3 Å². The SMILES string of the molecule is C/C=C(\C)[C@H]1OC(=O)[C@@H](C)NC(=O)[C@H]([C@H](C)CC)NC(=O)CN(C)C(=O)[C@@H](Cc2ccccc2)N(C)C(=O)[C@H](CCCCNC(=O)OC(C)(C)C)NC(=O)[C@@H](CC(C)C)OC(=O)/C(C)=C/C[C@H](O)[C@@H]1C. The van der Waals surface area contributed by atoms with Crippen LogP contribution in [0.3, 0.4) is 0 Å². The van der Waals surface area contributed by atoms with E-state index < -0.39 is 114 Å². The molecule has 18 heteroatoms. The standard InChI is InChI=1S/C52H82N6O12/c1-15-32(5)43-46(62)54-36(9)50(66)69-44(33(6)16-2)35(8)40(59)26-25-34(7)49(65)68-41(28-31(3)4)45(61)55-38(24-20-21-27-53-51(67)70-52(10,11)12)47(63)58(14)39(29-37-22-18-17-19-23-37)48(64)57(13)30-42(60)56-43/h16-19,22-23,25,31-32,35-36,38-41,43-44,59H,15,20-21,24,26-30H2,1-14H3,(H,53,67)(H,54,62)(H,55,61)(H,56,60)/b33-16+,34-25+/t32-,35+,36-,38+,39-,40+,41-,43+,44-/m1/s1. The number of benzene rings is 1. The van der Waals surface area contributed by atoms with Gasteiger partial charge in [0, 0.05) is 38.6 Å². The number of cyclic esters (lactones) is 2. The maximum Gasteiger partial charge on any atom is 0.407 e. The fraction of sp³-hybridized carbons (Fsp3) is 0.654. The first-order chi connectivity index (χ1) is 32.7. The van der Waals surface area contributed by atoms with E-state index in [-0.39, 0.29) is 43.7 Å². The van der Waals surface area contributed by atoms with Crippen molar-refractivity contribution in [3.05, 3.63) is 59.2 Å². The molecule has 0 aromatic heterocycles. The number of hydrogen-bond donors (Lipinski definition) is 5. The minimum Gasteiger partial charge on any atom is -0.456 e. The van der Waals surface area contributed by atoms with Crippen LogP contribution in [0.2, 0.25) is 0 Å². The van der Waals surface area contributed by atoms with Crippen molar-refractivity contribution in [3.8, 4) is 0 Å². The molecule has 6 amide bonds. The third kappa shape index (κ3) is 19.9. The number of unbranched alkanes of at least 4 members (excludes halogenated alkanes) is 1. The summed E-state index contributed by atoms with van der Waals surface area (Å²) in [6.45, 7) is 20.3. The molecule has 0 aliphatic carbocycles. The number of rotatable bonds is 12. The highest BCUT2D eigenvalue weighted by Crippen LogP contribution is 2.24. The zero-order chi connectivity index (χ0) is 53.0. The molecule has 1 heterocycles. The molecule has 0 bridgehead atoms. The molecule has 2 rings (SSSR count). The number of nitrogens with zero attached hydrogens (tertiary/aromatic N) is 2. The predicted molar refractivity (Wildman–Crippen MR) is 266 cm³/mol. The number of likely N-dealkylation sites (N-methyl/N-ethyl adjacent to an activating group) is 2. The summed E-state index contributed by atoms with van der Waals surface area (Å²) in [5.41, 5.74) is 0.718. The highest BCUT2D eigenvalue weighted by atomic mass is 16.6. The van der Waals surface area contributed by atoms with E-state index in [1.165, 1.54) is 38.9 Å². The summed E-state index contributed by atoms with van der Waals surface area (Å²) in [5, 5.41) is 22.3. The predicted octanol–water partition coefficient (Wildman–Crippen LogP) is 4.91. The maximum absolute atomic E-state index is 14.8. The van der Waals surface area contributed by atoms with Gasteiger partial charge in [-0.3, -0.25) is 24.0 Å². The van der Waals surface area contributed by atoms with Crippen molar-refractivity contribution in [1.29, 1.82) is 0 Å². The smallest absolute Gasteiger partial charge is 0.407 e. The molecule has 0 spiro atoms. The third-order valence-electron chi connectivity index (χ3n) is 12.3. The summed E-state index contributed by atoms with van der Waals surface area (Å²) in [4.78, 5) is 113. The van der Waals surface area contributed by atoms with Crippen LogP contribution in [0.1, 0.15) is 127 Å². The Morgan fingerprint density at radius 2 is 1.59 bits per heavy atom. The minimum absolute atomic E-state index is 0.0291. The summed E-state index contributed by atoms with van der Waals surface area (Å²) in [6, 6.07) is 4.25. The van der Waals surface area contributed by atoms with E-state index in [9.17, 15) is 43.5 Å². The Hall–Kier alpha value is -5.78. The largest absolute Gasteiger partial charge is 0.456 e. The average molecular weight is 983 g/mol. The summed E-state index contributed by atoms with van der Waals surface area (Å²) in [6.07, 6.45) is 0.515. The Kier molecular flexibility index (Phi) is 24.8. The molecule has 18 nitrogen and oxygen atoms in total. The molecule has 5 N–H and O–H groups in total. The van der Waals surface area contributed by atoms with E-state index in [1.807, 2.05) is 20.8 Å². The number of allylic oxidation sites excluding steroid dienone is 1. The zero-order valence-corrected chi connectivity index (χ0v) is 44.0. The molecule has 1 aliphatic rings. The minimum atomic E-state index is -1.35.